The summed E-state index contributed by atoms with van der Waals surface area (Å²) in [5.74, 6) is 1.92. The molecule has 0 bridgehead atoms. The lowest BCUT2D eigenvalue weighted by Gasteiger charge is -2.21. The maximum Gasteiger partial charge on any atom is 0.238 e. The van der Waals surface area contributed by atoms with E-state index in [0.717, 1.165) is 44.1 Å². The summed E-state index contributed by atoms with van der Waals surface area (Å²) in [4.78, 5) is 16.5. The molecule has 0 unspecified atom stereocenters. The van der Waals surface area contributed by atoms with Crippen molar-refractivity contribution in [3.05, 3.63) is 36.4 Å². The third-order valence-electron chi connectivity index (χ3n) is 16.1. The van der Waals surface area contributed by atoms with Gasteiger partial charge in [0.25, 0.3) is 0 Å². The fraction of sp³-hybridized carbons (Fsp3) is 0. The molecule has 9 aromatic rings. The zero-order valence-corrected chi connectivity index (χ0v) is 40.2. The van der Waals surface area contributed by atoms with Crippen molar-refractivity contribution in [2.75, 3.05) is 0 Å². The monoisotopic (exact) mass is 781 g/mol. The number of benzene rings is 6. The first kappa shape index (κ1) is 42.4. The molecule has 0 fully saturated rings. The highest BCUT2D eigenvalue weighted by molar-refractivity contribution is 6.73. The minimum atomic E-state index is 0.616. The molecule has 3 heterocycles. The third kappa shape index (κ3) is 5.85. The van der Waals surface area contributed by atoms with Gasteiger partial charge in [0.15, 0.2) is 11.6 Å². The number of fused-ring (bicyclic) bond motifs is 6. The van der Waals surface area contributed by atoms with E-state index in [1.165, 1.54) is 120 Å². The Morgan fingerprint density at radius 1 is 0.371 bits per heavy atom. The molecular weight excluding hydrogens is 735 g/mol. The van der Waals surface area contributed by atoms with Gasteiger partial charge in [-0.05, 0) is 40.1 Å². The number of hydrogen-bond donors (Lipinski definition) is 0. The zero-order chi connectivity index (χ0) is 44.7. The summed E-state index contributed by atoms with van der Waals surface area (Å²) >= 11 is 0. The van der Waals surface area contributed by atoms with Gasteiger partial charge in [0.2, 0.25) is 5.95 Å². The number of nitrogens with zero attached hydrogens (tertiary/aromatic N) is 4. The van der Waals surface area contributed by atoms with Crippen LogP contribution in [-0.2, 0) is 0 Å². The SMILES string of the molecule is Bc1c(B)c(B)c(-c2nc(-c3ccc4c(c3)oc3cccc(-c5c(B)c(B)c(B)c(B)c5B)c34)nc(-n3c4c(B)c(B)c(B)c(B)c4c4c(B)c(B)c(B)c(B)c43)n2)c(B)c1B. The lowest BCUT2D eigenvalue weighted by atomic mass is 9.59. The molecule has 6 aromatic carbocycles. The quantitative estimate of drug-likeness (QED) is 0.167. The van der Waals surface area contributed by atoms with Crippen LogP contribution in [0.5, 0.6) is 0 Å². The summed E-state index contributed by atoms with van der Waals surface area (Å²) in [6.45, 7) is 0. The van der Waals surface area contributed by atoms with Crippen molar-refractivity contribution in [3.8, 4) is 39.9 Å². The first-order chi connectivity index (χ1) is 29.3. The molecule has 5 nitrogen and oxygen atoms in total. The Hall–Kier alpha value is -4.90. The average molecular weight is 777 g/mol. The van der Waals surface area contributed by atoms with Crippen LogP contribution in [0.25, 0.3) is 83.6 Å². The predicted octanol–water partition coefficient (Wildman–Crippen LogP) is -21.5. The molecule has 0 saturated heterocycles. The number of hydrogen-bond acceptors (Lipinski definition) is 4. The van der Waals surface area contributed by atoms with Crippen LogP contribution in [0.3, 0.4) is 0 Å². The largest absolute Gasteiger partial charge is 0.456 e. The van der Waals surface area contributed by atoms with Crippen LogP contribution in [0.4, 0.5) is 0 Å². The Morgan fingerprint density at radius 2 is 0.806 bits per heavy atom. The van der Waals surface area contributed by atoms with E-state index in [1.54, 1.807) is 0 Å². The molecule has 62 heavy (non-hydrogen) atoms. The van der Waals surface area contributed by atoms with Gasteiger partial charge < -0.3 is 4.42 Å². The van der Waals surface area contributed by atoms with E-state index in [0.29, 0.717) is 17.6 Å². The lowest BCUT2D eigenvalue weighted by molar-refractivity contribution is 0.669. The van der Waals surface area contributed by atoms with Crippen LogP contribution in [0.15, 0.2) is 40.8 Å². The summed E-state index contributed by atoms with van der Waals surface area (Å²) in [6.07, 6.45) is 0. The second-order valence-electron chi connectivity index (χ2n) is 18.6. The second kappa shape index (κ2) is 14.8. The molecule has 0 spiro atoms. The van der Waals surface area contributed by atoms with Crippen molar-refractivity contribution in [1.29, 1.82) is 0 Å². The van der Waals surface area contributed by atoms with Crippen LogP contribution in [0.2, 0.25) is 0 Å². The molecule has 0 aliphatic heterocycles. The maximum absolute atomic E-state index is 6.79. The summed E-state index contributed by atoms with van der Waals surface area (Å²) in [7, 11) is 40.4. The molecule has 0 radical (unpaired) electrons. The third-order valence-corrected chi connectivity index (χ3v) is 16.1. The maximum atomic E-state index is 6.79. The zero-order valence-electron chi connectivity index (χ0n) is 40.2. The van der Waals surface area contributed by atoms with Gasteiger partial charge in [0, 0.05) is 32.9 Å². The van der Waals surface area contributed by atoms with E-state index in [1.807, 2.05) is 0 Å². The molecule has 0 aliphatic rings. The summed E-state index contributed by atoms with van der Waals surface area (Å²) in [5.41, 5.74) is 31.7. The smallest absolute Gasteiger partial charge is 0.238 e. The molecule has 0 saturated carbocycles. The van der Waals surface area contributed by atoms with E-state index in [4.69, 9.17) is 19.4 Å². The Morgan fingerprint density at radius 3 is 1.32 bits per heavy atom. The molecule has 3 aromatic heterocycles. The minimum absolute atomic E-state index is 0.616. The van der Waals surface area contributed by atoms with Crippen molar-refractivity contribution >= 4 is 283 Å². The van der Waals surface area contributed by atoms with Crippen LogP contribution in [0.1, 0.15) is 0 Å². The van der Waals surface area contributed by atoms with E-state index in [9.17, 15) is 0 Å². The van der Waals surface area contributed by atoms with Crippen molar-refractivity contribution < 1.29 is 4.42 Å². The molecular formula is C39H42B18N4O. The van der Waals surface area contributed by atoms with Gasteiger partial charge in [-0.1, -0.05) is 72.8 Å². The van der Waals surface area contributed by atoms with Gasteiger partial charge in [-0.25, -0.2) is 4.98 Å². The van der Waals surface area contributed by atoms with Crippen LogP contribution in [-0.4, -0.2) is 161 Å². The number of furan rings is 1. The predicted molar refractivity (Wildman–Crippen MR) is 325 cm³/mol. The summed E-state index contributed by atoms with van der Waals surface area (Å²) < 4.78 is 9.15. The van der Waals surface area contributed by atoms with Gasteiger partial charge in [0.1, 0.15) is 152 Å². The lowest BCUT2D eigenvalue weighted by Crippen LogP contribution is -2.55. The van der Waals surface area contributed by atoms with E-state index < -0.39 is 0 Å². The standard InChI is InChI=1S/C39H42B18N4O/c40-17-13(18(41)24(47)29(52)23(17)46)9-2-1-3-10-12(9)8-5-4-7(6-11(8)62-10)37-58-38(16-21(44)27(50)30(53)28(51)22(16)45)60-39(59-37)61-35-14(19(42)25(48)31(54)33(35)56)15-20(43)26(49)32(55)34(57)36(15)61/h1-6H,40-57H2. The van der Waals surface area contributed by atoms with Crippen molar-refractivity contribution in [2.45, 2.75) is 0 Å². The molecule has 0 aliphatic carbocycles. The molecule has 9 rings (SSSR count). The molecule has 278 valence electrons. The first-order valence-corrected chi connectivity index (χ1v) is 22.2. The minimum Gasteiger partial charge on any atom is -0.456 e. The highest BCUT2D eigenvalue weighted by Gasteiger charge is 2.27. The number of aromatic nitrogens is 4. The summed E-state index contributed by atoms with van der Waals surface area (Å²) in [5, 5.41) is 4.78. The molecule has 0 amide bonds. The topological polar surface area (TPSA) is 56.7 Å². The van der Waals surface area contributed by atoms with Crippen LogP contribution >= 0.6 is 0 Å². The fourth-order valence-corrected chi connectivity index (χ4v) is 10.7. The van der Waals surface area contributed by atoms with Crippen LogP contribution in [0, 0.1) is 0 Å². The Kier molecular flexibility index (Phi) is 10.2. The Bertz CT molecular complexity index is 3390. The van der Waals surface area contributed by atoms with Gasteiger partial charge in [-0.2, -0.15) is 9.97 Å². The van der Waals surface area contributed by atoms with E-state index in [-0.39, 0.29) is 0 Å². The fourth-order valence-electron chi connectivity index (χ4n) is 10.7. The van der Waals surface area contributed by atoms with Gasteiger partial charge in [-0.3, -0.25) is 4.57 Å². The Labute approximate surface area is 381 Å². The Balaban J connectivity index is 1.39. The first-order valence-electron chi connectivity index (χ1n) is 22.2. The summed E-state index contributed by atoms with van der Waals surface area (Å²) in [6, 6.07) is 13.0. The highest BCUT2D eigenvalue weighted by atomic mass is 16.3. The van der Waals surface area contributed by atoms with Crippen molar-refractivity contribution in [3.63, 3.8) is 0 Å². The van der Waals surface area contributed by atoms with Crippen LogP contribution < -0.4 is 98.3 Å². The van der Waals surface area contributed by atoms with E-state index in [2.05, 4.69) is 182 Å². The van der Waals surface area contributed by atoms with Gasteiger partial charge in [-0.15, -0.1) is 43.7 Å². The molecule has 0 atom stereocenters. The van der Waals surface area contributed by atoms with Gasteiger partial charge >= 0.3 is 0 Å². The number of rotatable bonds is 4. The van der Waals surface area contributed by atoms with E-state index >= 15 is 0 Å². The van der Waals surface area contributed by atoms with Crippen molar-refractivity contribution in [1.82, 2.24) is 19.5 Å². The molecule has 0 N–H and O–H groups in total. The molecule has 23 heteroatoms. The average Bonchev–Trinajstić information content (AvgIpc) is 3.83. The normalized spacial score (nSPS) is 11.7. The second-order valence-corrected chi connectivity index (χ2v) is 18.6. The highest BCUT2D eigenvalue weighted by Crippen LogP contribution is 2.37. The van der Waals surface area contributed by atoms with Crippen molar-refractivity contribution in [2.24, 2.45) is 0 Å². The van der Waals surface area contributed by atoms with Gasteiger partial charge in [0.05, 0.1) is 0 Å².